The summed E-state index contributed by atoms with van der Waals surface area (Å²) in [4.78, 5) is 15.2. The van der Waals surface area contributed by atoms with Crippen molar-refractivity contribution in [3.05, 3.63) is 29.8 Å². The van der Waals surface area contributed by atoms with Gasteiger partial charge in [0.1, 0.15) is 0 Å². The smallest absolute Gasteiger partial charge is 0.161 e. The van der Waals surface area contributed by atoms with E-state index >= 15 is 0 Å². The molecule has 0 aromatic heterocycles. The maximum atomic E-state index is 12.1. The summed E-state index contributed by atoms with van der Waals surface area (Å²) in [6.45, 7) is 1.69. The molecule has 0 amide bonds. The van der Waals surface area contributed by atoms with Gasteiger partial charge in [0.25, 0.3) is 0 Å². The average Bonchev–Trinajstić information content (AvgIpc) is 2.66. The normalized spacial score (nSPS) is 43.3. The molecule has 3 heteroatoms. The number of carbonyl (C=O) groups is 1. The minimum atomic E-state index is 0.166. The predicted molar refractivity (Wildman–Crippen MR) is 117 cm³/mol. The molecule has 156 valence electrons. The zero-order valence-corrected chi connectivity index (χ0v) is 17.9. The number of ketones is 1. The van der Waals surface area contributed by atoms with Crippen molar-refractivity contribution in [3.8, 4) is 0 Å². The van der Waals surface area contributed by atoms with E-state index in [4.69, 9.17) is 0 Å². The molecule has 29 heavy (non-hydrogen) atoms. The quantitative estimate of drug-likeness (QED) is 0.672. The van der Waals surface area contributed by atoms with Crippen LogP contribution in [0, 0.1) is 17.8 Å². The second-order valence-electron chi connectivity index (χ2n) is 11.2. The molecule has 4 saturated carbocycles. The van der Waals surface area contributed by atoms with Crippen LogP contribution in [0.1, 0.15) is 87.9 Å². The first-order valence-corrected chi connectivity index (χ1v) is 12.2. The predicted octanol–water partition coefficient (Wildman–Crippen LogP) is 5.66. The average molecular weight is 393 g/mol. The van der Waals surface area contributed by atoms with E-state index in [2.05, 4.69) is 22.3 Å². The van der Waals surface area contributed by atoms with Crippen molar-refractivity contribution in [2.75, 3.05) is 5.32 Å². The number of hydrogen-bond donors (Lipinski definition) is 1. The number of benzene rings is 1. The van der Waals surface area contributed by atoms with Crippen LogP contribution in [0.3, 0.4) is 0 Å². The van der Waals surface area contributed by atoms with Crippen molar-refractivity contribution < 1.29 is 4.79 Å². The van der Waals surface area contributed by atoms with E-state index in [1.807, 2.05) is 12.1 Å². The molecule has 7 rings (SSSR count). The van der Waals surface area contributed by atoms with Gasteiger partial charge in [-0.15, -0.1) is 0 Å². The molecule has 0 spiro atoms. The second-order valence-corrected chi connectivity index (χ2v) is 11.2. The van der Waals surface area contributed by atoms with Crippen LogP contribution in [0.15, 0.2) is 24.3 Å². The lowest BCUT2D eigenvalue weighted by Gasteiger charge is -2.66. The fourth-order valence-electron chi connectivity index (χ4n) is 8.79. The Bertz CT molecular complexity index is 752. The van der Waals surface area contributed by atoms with Crippen LogP contribution < -0.4 is 5.32 Å². The highest BCUT2D eigenvalue weighted by Crippen LogP contribution is 2.60. The Morgan fingerprint density at radius 1 is 0.931 bits per heavy atom. The number of fused-ring (bicyclic) bond motifs is 2. The summed E-state index contributed by atoms with van der Waals surface area (Å²) in [6.07, 6.45) is 15.8. The van der Waals surface area contributed by atoms with Crippen LogP contribution in [0.4, 0.5) is 5.69 Å². The van der Waals surface area contributed by atoms with Crippen molar-refractivity contribution in [2.24, 2.45) is 17.8 Å². The highest BCUT2D eigenvalue weighted by Gasteiger charge is 2.57. The first kappa shape index (κ1) is 18.4. The Hall–Kier alpha value is -1.35. The molecule has 1 aromatic carbocycles. The van der Waals surface area contributed by atoms with Crippen molar-refractivity contribution in [1.29, 1.82) is 0 Å². The Labute approximate surface area is 175 Å². The molecule has 6 fully saturated rings. The molecule has 2 aliphatic heterocycles. The molecule has 0 unspecified atom stereocenters. The maximum absolute atomic E-state index is 12.1. The van der Waals surface area contributed by atoms with Gasteiger partial charge in [-0.25, -0.2) is 0 Å². The van der Waals surface area contributed by atoms with E-state index in [0.717, 1.165) is 41.1 Å². The molecule has 3 atom stereocenters. The molecule has 2 heterocycles. The highest BCUT2D eigenvalue weighted by atomic mass is 16.1. The monoisotopic (exact) mass is 392 g/mol. The van der Waals surface area contributed by atoms with Gasteiger partial charge in [0.05, 0.1) is 0 Å². The van der Waals surface area contributed by atoms with Gasteiger partial charge in [-0.2, -0.15) is 0 Å². The number of para-hydroxylation sites is 1. The van der Waals surface area contributed by atoms with Crippen LogP contribution in [-0.4, -0.2) is 34.3 Å². The Morgan fingerprint density at radius 2 is 1.52 bits per heavy atom. The van der Waals surface area contributed by atoms with Crippen LogP contribution >= 0.6 is 0 Å². The van der Waals surface area contributed by atoms with E-state index in [-0.39, 0.29) is 5.78 Å². The largest absolute Gasteiger partial charge is 0.382 e. The SMILES string of the molecule is CC(=O)c1ccccc1N[C@H]1C[C@H]2CCC[C@@H](C1)N2C12CC3CC(CC(C3)C1)C2. The molecule has 0 radical (unpaired) electrons. The molecular weight excluding hydrogens is 356 g/mol. The number of rotatable bonds is 4. The Morgan fingerprint density at radius 3 is 2.10 bits per heavy atom. The number of anilines is 1. The van der Waals surface area contributed by atoms with Crippen molar-refractivity contribution in [1.82, 2.24) is 4.90 Å². The summed E-state index contributed by atoms with van der Waals surface area (Å²) in [5, 5.41) is 3.81. The molecular formula is C26H36N2O. The van der Waals surface area contributed by atoms with E-state index in [0.29, 0.717) is 11.6 Å². The Balaban J connectivity index is 1.24. The lowest BCUT2D eigenvalue weighted by Crippen LogP contribution is -2.68. The molecule has 6 bridgehead atoms. The molecule has 2 saturated heterocycles. The summed E-state index contributed by atoms with van der Waals surface area (Å²) >= 11 is 0. The number of nitrogens with one attached hydrogen (secondary N) is 1. The molecule has 1 N–H and O–H groups in total. The second kappa shape index (κ2) is 6.83. The van der Waals surface area contributed by atoms with Crippen molar-refractivity contribution in [2.45, 2.75) is 101 Å². The third kappa shape index (κ3) is 3.07. The van der Waals surface area contributed by atoms with Gasteiger partial charge in [0.2, 0.25) is 0 Å². The van der Waals surface area contributed by atoms with E-state index in [1.54, 1.807) is 6.92 Å². The summed E-state index contributed by atoms with van der Waals surface area (Å²) < 4.78 is 0. The van der Waals surface area contributed by atoms with Crippen molar-refractivity contribution >= 4 is 11.5 Å². The minimum absolute atomic E-state index is 0.166. The van der Waals surface area contributed by atoms with Gasteiger partial charge in [-0.05, 0) is 101 Å². The maximum Gasteiger partial charge on any atom is 0.161 e. The Kier molecular flexibility index (Phi) is 4.34. The van der Waals surface area contributed by atoms with Crippen LogP contribution in [0.2, 0.25) is 0 Å². The first-order chi connectivity index (χ1) is 14.1. The van der Waals surface area contributed by atoms with Crippen LogP contribution in [0.25, 0.3) is 0 Å². The molecule has 1 aromatic rings. The van der Waals surface area contributed by atoms with Gasteiger partial charge in [0.15, 0.2) is 5.78 Å². The van der Waals surface area contributed by atoms with Gasteiger partial charge in [-0.3, -0.25) is 9.69 Å². The van der Waals surface area contributed by atoms with Gasteiger partial charge in [-0.1, -0.05) is 18.6 Å². The summed E-state index contributed by atoms with van der Waals surface area (Å²) in [7, 11) is 0. The highest BCUT2D eigenvalue weighted by molar-refractivity contribution is 5.99. The third-order valence-corrected chi connectivity index (χ3v) is 9.19. The number of nitrogens with zero attached hydrogens (tertiary/aromatic N) is 1. The number of carbonyl (C=O) groups excluding carboxylic acids is 1. The topological polar surface area (TPSA) is 32.3 Å². The zero-order valence-electron chi connectivity index (χ0n) is 17.9. The zero-order chi connectivity index (χ0) is 19.6. The lowest BCUT2D eigenvalue weighted by molar-refractivity contribution is -0.146. The summed E-state index contributed by atoms with van der Waals surface area (Å²) in [6, 6.07) is 10.1. The van der Waals surface area contributed by atoms with Gasteiger partial charge >= 0.3 is 0 Å². The third-order valence-electron chi connectivity index (χ3n) is 9.19. The first-order valence-electron chi connectivity index (χ1n) is 12.2. The molecule has 4 aliphatic carbocycles. The number of Topliss-reactive ketones (excluding diaryl/α,β-unsaturated/α-hetero) is 1. The fraction of sp³-hybridized carbons (Fsp3) is 0.731. The minimum Gasteiger partial charge on any atom is -0.382 e. The summed E-state index contributed by atoms with van der Waals surface area (Å²) in [5.74, 6) is 3.25. The molecule has 3 nitrogen and oxygen atoms in total. The van der Waals surface area contributed by atoms with Crippen LogP contribution in [0.5, 0.6) is 0 Å². The number of hydrogen-bond acceptors (Lipinski definition) is 3. The molecule has 6 aliphatic rings. The lowest BCUT2D eigenvalue weighted by atomic mass is 9.51. The van der Waals surface area contributed by atoms with E-state index in [9.17, 15) is 4.79 Å². The van der Waals surface area contributed by atoms with E-state index in [1.165, 1.54) is 70.6 Å². The van der Waals surface area contributed by atoms with Crippen LogP contribution in [-0.2, 0) is 0 Å². The summed E-state index contributed by atoms with van der Waals surface area (Å²) in [5.41, 5.74) is 2.44. The van der Waals surface area contributed by atoms with Crippen molar-refractivity contribution in [3.63, 3.8) is 0 Å². The van der Waals surface area contributed by atoms with Gasteiger partial charge in [0, 0.05) is 34.9 Å². The number of piperidine rings is 2. The fourth-order valence-corrected chi connectivity index (χ4v) is 8.79. The van der Waals surface area contributed by atoms with Gasteiger partial charge < -0.3 is 5.32 Å². The standard InChI is InChI=1S/C26H36N2O/c1-17(29)24-7-2-3-8-25(24)27-21-12-22-5-4-6-23(13-21)28(22)26-14-18-9-19(15-26)11-20(10-18)16-26/h2-3,7-8,18-23,27H,4-6,9-16H2,1H3/t18?,19?,20?,21-,22+,23-,26?. The van der Waals surface area contributed by atoms with E-state index < -0.39 is 0 Å².